The first-order chi connectivity index (χ1) is 8.69. The Bertz CT molecular complexity index is 485. The van der Waals surface area contributed by atoms with Gasteiger partial charge in [-0.2, -0.15) is 5.26 Å². The number of piperidine rings is 1. The van der Waals surface area contributed by atoms with Gasteiger partial charge in [-0.3, -0.25) is 0 Å². The second kappa shape index (κ2) is 4.32. The number of hydrogen-bond donors (Lipinski definition) is 2. The van der Waals surface area contributed by atoms with Crippen molar-refractivity contribution in [3.05, 3.63) is 29.6 Å². The molecule has 0 radical (unpaired) electrons. The fourth-order valence-electron chi connectivity index (χ4n) is 2.93. The number of aromatic nitrogens is 1. The number of rotatable bonds is 1. The number of pyridine rings is 1. The Labute approximate surface area is 105 Å². The zero-order valence-electron chi connectivity index (χ0n) is 9.97. The molecule has 3 rings (SSSR count). The van der Waals surface area contributed by atoms with Gasteiger partial charge in [-0.25, -0.2) is 4.98 Å². The first-order valence-corrected chi connectivity index (χ1v) is 6.12. The smallest absolute Gasteiger partial charge is 0.140 e. The lowest BCUT2D eigenvalue weighted by Crippen LogP contribution is -2.58. The first-order valence-electron chi connectivity index (χ1n) is 6.12. The summed E-state index contributed by atoms with van der Waals surface area (Å²) in [6.45, 7) is 1.27. The second-order valence-electron chi connectivity index (χ2n) is 5.08. The molecule has 2 bridgehead atoms. The van der Waals surface area contributed by atoms with Crippen LogP contribution in [0.4, 0.5) is 0 Å². The van der Waals surface area contributed by atoms with Crippen molar-refractivity contribution in [1.29, 1.82) is 5.26 Å². The van der Waals surface area contributed by atoms with E-state index in [9.17, 15) is 5.11 Å². The first kappa shape index (κ1) is 11.6. The summed E-state index contributed by atoms with van der Waals surface area (Å²) in [5.41, 5.74) is 0.257. The van der Waals surface area contributed by atoms with E-state index in [4.69, 9.17) is 10.00 Å². The van der Waals surface area contributed by atoms with Gasteiger partial charge >= 0.3 is 0 Å². The molecule has 1 aromatic heterocycles. The van der Waals surface area contributed by atoms with Gasteiger partial charge in [-0.15, -0.1) is 0 Å². The summed E-state index contributed by atoms with van der Waals surface area (Å²) in [6.07, 6.45) is 2.80. The molecule has 5 heteroatoms. The molecule has 2 N–H and O–H groups in total. The van der Waals surface area contributed by atoms with Crippen molar-refractivity contribution in [2.75, 3.05) is 13.2 Å². The molecule has 2 aliphatic rings. The van der Waals surface area contributed by atoms with Crippen molar-refractivity contribution in [2.45, 2.75) is 30.5 Å². The van der Waals surface area contributed by atoms with Crippen LogP contribution in [-0.4, -0.2) is 35.4 Å². The van der Waals surface area contributed by atoms with E-state index in [0.717, 1.165) is 5.56 Å². The van der Waals surface area contributed by atoms with Crippen molar-refractivity contribution >= 4 is 0 Å². The van der Waals surface area contributed by atoms with Crippen LogP contribution < -0.4 is 5.32 Å². The average Bonchev–Trinajstić information content (AvgIpc) is 2.38. The second-order valence-corrected chi connectivity index (χ2v) is 5.08. The van der Waals surface area contributed by atoms with Crippen molar-refractivity contribution in [3.63, 3.8) is 0 Å². The van der Waals surface area contributed by atoms with Crippen molar-refractivity contribution < 1.29 is 9.84 Å². The Kier molecular flexibility index (Phi) is 2.78. The number of nitrogens with zero attached hydrogens (tertiary/aromatic N) is 2. The van der Waals surface area contributed by atoms with Crippen molar-refractivity contribution in [1.82, 2.24) is 10.3 Å². The number of hydrogen-bond acceptors (Lipinski definition) is 5. The summed E-state index contributed by atoms with van der Waals surface area (Å²) in [6, 6.07) is 5.85. The van der Waals surface area contributed by atoms with Crippen LogP contribution in [0.1, 0.15) is 24.1 Å². The van der Waals surface area contributed by atoms with Gasteiger partial charge < -0.3 is 15.2 Å². The SMILES string of the molecule is N#Cc1cc(C2(O)CC3COCC(C2)N3)ccn1. The number of ether oxygens (including phenoxy) is 1. The maximum atomic E-state index is 10.8. The third kappa shape index (κ3) is 1.99. The highest BCUT2D eigenvalue weighted by molar-refractivity contribution is 5.30. The summed E-state index contributed by atoms with van der Waals surface area (Å²) in [5, 5.41) is 23.2. The standard InChI is InChI=1S/C13H15N3O2/c14-6-10-3-9(1-2-15-10)13(17)4-11-7-18-8-12(5-13)16-11/h1-3,11-12,16-17H,4-5,7-8H2. The van der Waals surface area contributed by atoms with E-state index in [0.29, 0.717) is 31.7 Å². The lowest BCUT2D eigenvalue weighted by atomic mass is 9.78. The largest absolute Gasteiger partial charge is 0.385 e. The molecule has 2 saturated heterocycles. The van der Waals surface area contributed by atoms with Gasteiger partial charge in [-0.05, 0) is 30.5 Å². The summed E-state index contributed by atoms with van der Waals surface area (Å²) in [7, 11) is 0. The zero-order chi connectivity index (χ0) is 12.6. The molecule has 18 heavy (non-hydrogen) atoms. The lowest BCUT2D eigenvalue weighted by molar-refractivity contribution is -0.0802. The summed E-state index contributed by atoms with van der Waals surface area (Å²) >= 11 is 0. The van der Waals surface area contributed by atoms with Crippen LogP contribution in [0.25, 0.3) is 0 Å². The van der Waals surface area contributed by atoms with Gasteiger partial charge in [0.1, 0.15) is 11.8 Å². The molecule has 2 fully saturated rings. The molecule has 2 aliphatic heterocycles. The van der Waals surface area contributed by atoms with Crippen LogP contribution in [0.2, 0.25) is 0 Å². The highest BCUT2D eigenvalue weighted by Crippen LogP contribution is 2.36. The minimum absolute atomic E-state index is 0.182. The van der Waals surface area contributed by atoms with Crippen molar-refractivity contribution in [3.8, 4) is 6.07 Å². The van der Waals surface area contributed by atoms with Crippen LogP contribution >= 0.6 is 0 Å². The number of nitriles is 1. The maximum absolute atomic E-state index is 10.8. The molecule has 3 heterocycles. The highest BCUT2D eigenvalue weighted by Gasteiger charge is 2.42. The molecule has 0 saturated carbocycles. The predicted molar refractivity (Wildman–Crippen MR) is 63.6 cm³/mol. The van der Waals surface area contributed by atoms with E-state index in [-0.39, 0.29) is 12.1 Å². The molecule has 0 spiro atoms. The van der Waals surface area contributed by atoms with Gasteiger partial charge in [0.25, 0.3) is 0 Å². The monoisotopic (exact) mass is 245 g/mol. The van der Waals surface area contributed by atoms with E-state index in [1.165, 1.54) is 0 Å². The number of fused-ring (bicyclic) bond motifs is 2. The van der Waals surface area contributed by atoms with Gasteiger partial charge in [-0.1, -0.05) is 0 Å². The summed E-state index contributed by atoms with van der Waals surface area (Å²) < 4.78 is 5.47. The molecule has 2 atom stereocenters. The zero-order valence-corrected chi connectivity index (χ0v) is 9.97. The van der Waals surface area contributed by atoms with E-state index in [1.54, 1.807) is 18.3 Å². The lowest BCUT2D eigenvalue weighted by Gasteiger charge is -2.45. The summed E-state index contributed by atoms with van der Waals surface area (Å²) in [5.74, 6) is 0. The molecule has 1 aromatic rings. The predicted octanol–water partition coefficient (Wildman–Crippen LogP) is 0.292. The maximum Gasteiger partial charge on any atom is 0.140 e. The normalized spacial score (nSPS) is 34.9. The number of aliphatic hydroxyl groups is 1. The van der Waals surface area contributed by atoms with E-state index in [1.807, 2.05) is 6.07 Å². The minimum Gasteiger partial charge on any atom is -0.385 e. The topological polar surface area (TPSA) is 78.2 Å². The Morgan fingerprint density at radius 2 is 2.17 bits per heavy atom. The van der Waals surface area contributed by atoms with Crippen LogP contribution in [0.3, 0.4) is 0 Å². The molecule has 0 aromatic carbocycles. The average molecular weight is 245 g/mol. The van der Waals surface area contributed by atoms with Gasteiger partial charge in [0.05, 0.1) is 18.8 Å². The Hall–Kier alpha value is -1.48. The van der Waals surface area contributed by atoms with Crippen LogP contribution in [0, 0.1) is 11.3 Å². The van der Waals surface area contributed by atoms with Crippen molar-refractivity contribution in [2.24, 2.45) is 0 Å². The summed E-state index contributed by atoms with van der Waals surface area (Å²) in [4.78, 5) is 3.94. The Morgan fingerprint density at radius 1 is 1.44 bits per heavy atom. The molecule has 94 valence electrons. The fraction of sp³-hybridized carbons (Fsp3) is 0.538. The third-order valence-electron chi connectivity index (χ3n) is 3.69. The van der Waals surface area contributed by atoms with Gasteiger partial charge in [0.15, 0.2) is 0 Å². The third-order valence-corrected chi connectivity index (χ3v) is 3.69. The number of morpholine rings is 1. The molecular weight excluding hydrogens is 230 g/mol. The van der Waals surface area contributed by atoms with Crippen LogP contribution in [-0.2, 0) is 10.3 Å². The minimum atomic E-state index is -0.876. The molecule has 0 amide bonds. The fourth-order valence-corrected chi connectivity index (χ4v) is 2.93. The Morgan fingerprint density at radius 3 is 2.83 bits per heavy atom. The van der Waals surface area contributed by atoms with Crippen LogP contribution in [0.15, 0.2) is 18.3 Å². The van der Waals surface area contributed by atoms with Gasteiger partial charge in [0.2, 0.25) is 0 Å². The van der Waals surface area contributed by atoms with E-state index >= 15 is 0 Å². The highest BCUT2D eigenvalue weighted by atomic mass is 16.5. The van der Waals surface area contributed by atoms with Crippen LogP contribution in [0.5, 0.6) is 0 Å². The number of nitrogens with one attached hydrogen (secondary N) is 1. The van der Waals surface area contributed by atoms with E-state index in [2.05, 4.69) is 10.3 Å². The molecule has 5 nitrogen and oxygen atoms in total. The molecular formula is C13H15N3O2. The van der Waals surface area contributed by atoms with E-state index < -0.39 is 5.60 Å². The Balaban J connectivity index is 1.92. The molecule has 2 unspecified atom stereocenters. The van der Waals surface area contributed by atoms with Gasteiger partial charge in [0, 0.05) is 18.3 Å². The molecule has 0 aliphatic carbocycles. The quantitative estimate of drug-likeness (QED) is 0.743.